The molecule has 6 nitrogen and oxygen atoms in total. The first-order chi connectivity index (χ1) is 13.5. The van der Waals surface area contributed by atoms with Crippen molar-refractivity contribution < 1.29 is 19.1 Å². The topological polar surface area (TPSA) is 80.4 Å². The number of amides is 1. The summed E-state index contributed by atoms with van der Waals surface area (Å²) in [4.78, 5) is 28.5. The first-order valence-corrected chi connectivity index (χ1v) is 9.90. The molecule has 1 aliphatic heterocycles. The summed E-state index contributed by atoms with van der Waals surface area (Å²) in [5.41, 5.74) is 3.80. The SMILES string of the molecule is Cc1c(C(=O)N[C@@H](c2ccc3c(c2)OCCO3)C(C)C)[nH]c2c1C(=O)CCC2. The smallest absolute Gasteiger partial charge is 0.268 e. The summed E-state index contributed by atoms with van der Waals surface area (Å²) in [6.07, 6.45) is 2.20. The summed E-state index contributed by atoms with van der Waals surface area (Å²) in [6, 6.07) is 5.62. The highest BCUT2D eigenvalue weighted by molar-refractivity contribution is 6.04. The van der Waals surface area contributed by atoms with Gasteiger partial charge in [0.05, 0.1) is 6.04 Å². The number of rotatable bonds is 4. The van der Waals surface area contributed by atoms with Gasteiger partial charge in [-0.05, 0) is 48.9 Å². The van der Waals surface area contributed by atoms with Crippen molar-refractivity contribution in [2.45, 2.75) is 46.1 Å². The van der Waals surface area contributed by atoms with Crippen LogP contribution in [-0.4, -0.2) is 29.9 Å². The molecule has 0 unspecified atom stereocenters. The fourth-order valence-corrected chi connectivity index (χ4v) is 4.10. The van der Waals surface area contributed by atoms with Crippen molar-refractivity contribution in [1.29, 1.82) is 0 Å². The number of hydrogen-bond acceptors (Lipinski definition) is 4. The van der Waals surface area contributed by atoms with Gasteiger partial charge in [-0.25, -0.2) is 0 Å². The quantitative estimate of drug-likeness (QED) is 0.844. The second kappa shape index (κ2) is 7.34. The van der Waals surface area contributed by atoms with Gasteiger partial charge in [0.1, 0.15) is 18.9 Å². The van der Waals surface area contributed by atoms with E-state index in [1.165, 1.54) is 0 Å². The lowest BCUT2D eigenvalue weighted by atomic mass is 9.93. The predicted octanol–water partition coefficient (Wildman–Crippen LogP) is 3.74. The van der Waals surface area contributed by atoms with Gasteiger partial charge in [0.15, 0.2) is 17.3 Å². The second-order valence-corrected chi connectivity index (χ2v) is 7.85. The Morgan fingerprint density at radius 1 is 1.14 bits per heavy atom. The molecule has 1 atom stereocenters. The fourth-order valence-electron chi connectivity index (χ4n) is 4.10. The van der Waals surface area contributed by atoms with Gasteiger partial charge in [0.2, 0.25) is 0 Å². The van der Waals surface area contributed by atoms with E-state index in [-0.39, 0.29) is 23.7 Å². The van der Waals surface area contributed by atoms with E-state index in [0.29, 0.717) is 36.6 Å². The third-order valence-electron chi connectivity index (χ3n) is 5.54. The summed E-state index contributed by atoms with van der Waals surface area (Å²) in [7, 11) is 0. The molecular formula is C22H26N2O4. The normalized spacial score (nSPS) is 16.6. The van der Waals surface area contributed by atoms with Gasteiger partial charge in [0, 0.05) is 17.7 Å². The minimum Gasteiger partial charge on any atom is -0.486 e. The number of aromatic nitrogens is 1. The molecular weight excluding hydrogens is 356 g/mol. The number of fused-ring (bicyclic) bond motifs is 2. The molecule has 0 radical (unpaired) electrons. The summed E-state index contributed by atoms with van der Waals surface area (Å²) in [5.74, 6) is 1.56. The molecule has 6 heteroatoms. The number of benzene rings is 1. The molecule has 4 rings (SSSR count). The number of Topliss-reactive ketones (excluding diaryl/α,β-unsaturated/α-hetero) is 1. The number of carbonyl (C=O) groups is 2. The highest BCUT2D eigenvalue weighted by atomic mass is 16.6. The van der Waals surface area contributed by atoms with Crippen molar-refractivity contribution in [2.24, 2.45) is 5.92 Å². The number of aromatic amines is 1. The molecule has 2 aromatic rings. The van der Waals surface area contributed by atoms with E-state index in [4.69, 9.17) is 9.47 Å². The third-order valence-corrected chi connectivity index (χ3v) is 5.54. The number of hydrogen-bond donors (Lipinski definition) is 2. The fraction of sp³-hybridized carbons (Fsp3) is 0.455. The van der Waals surface area contributed by atoms with Crippen LogP contribution in [0.3, 0.4) is 0 Å². The molecule has 28 heavy (non-hydrogen) atoms. The number of ketones is 1. The van der Waals surface area contributed by atoms with Gasteiger partial charge in [-0.2, -0.15) is 0 Å². The van der Waals surface area contributed by atoms with E-state index in [1.807, 2.05) is 25.1 Å². The van der Waals surface area contributed by atoms with E-state index in [9.17, 15) is 9.59 Å². The first kappa shape index (κ1) is 18.6. The Labute approximate surface area is 164 Å². The lowest BCUT2D eigenvalue weighted by molar-refractivity contribution is 0.0919. The molecule has 148 valence electrons. The molecule has 0 saturated heterocycles. The highest BCUT2D eigenvalue weighted by Gasteiger charge is 2.28. The molecule has 1 aromatic heterocycles. The minimum absolute atomic E-state index is 0.126. The van der Waals surface area contributed by atoms with Crippen LogP contribution < -0.4 is 14.8 Å². The minimum atomic E-state index is -0.187. The maximum Gasteiger partial charge on any atom is 0.268 e. The molecule has 0 saturated carbocycles. The van der Waals surface area contributed by atoms with Crippen molar-refractivity contribution in [3.05, 3.63) is 46.3 Å². The molecule has 2 aliphatic rings. The van der Waals surface area contributed by atoms with E-state index in [1.54, 1.807) is 0 Å². The molecule has 1 aliphatic carbocycles. The standard InChI is InChI=1S/C22H26N2O4/c1-12(2)20(14-7-8-17-18(11-14)28-10-9-27-17)24-22(26)21-13(3)19-15(23-21)5-4-6-16(19)25/h7-8,11-12,20,23H,4-6,9-10H2,1-3H3,(H,24,26)/t20-/m1/s1. The maximum atomic E-state index is 13.1. The highest BCUT2D eigenvalue weighted by Crippen LogP contribution is 2.35. The van der Waals surface area contributed by atoms with Gasteiger partial charge in [0.25, 0.3) is 5.91 Å². The Bertz CT molecular complexity index is 929. The van der Waals surface area contributed by atoms with Crippen LogP contribution in [0, 0.1) is 12.8 Å². The average molecular weight is 382 g/mol. The molecule has 0 spiro atoms. The van der Waals surface area contributed by atoms with Crippen LogP contribution in [0.5, 0.6) is 11.5 Å². The van der Waals surface area contributed by atoms with Crippen molar-refractivity contribution in [3.8, 4) is 11.5 Å². The molecule has 0 fully saturated rings. The number of carbonyl (C=O) groups excluding carboxylic acids is 2. The summed E-state index contributed by atoms with van der Waals surface area (Å²) in [6.45, 7) is 7.06. The van der Waals surface area contributed by atoms with Crippen LogP contribution in [0.15, 0.2) is 18.2 Å². The van der Waals surface area contributed by atoms with Crippen LogP contribution in [0.4, 0.5) is 0 Å². The van der Waals surface area contributed by atoms with E-state index in [0.717, 1.165) is 35.4 Å². The lowest BCUT2D eigenvalue weighted by Crippen LogP contribution is -2.32. The van der Waals surface area contributed by atoms with Crippen molar-refractivity contribution in [2.75, 3.05) is 13.2 Å². The van der Waals surface area contributed by atoms with E-state index in [2.05, 4.69) is 24.1 Å². The van der Waals surface area contributed by atoms with Gasteiger partial charge in [-0.3, -0.25) is 9.59 Å². The van der Waals surface area contributed by atoms with Crippen molar-refractivity contribution in [1.82, 2.24) is 10.3 Å². The molecule has 1 aromatic carbocycles. The van der Waals surface area contributed by atoms with E-state index >= 15 is 0 Å². The average Bonchev–Trinajstić information content (AvgIpc) is 3.03. The zero-order valence-corrected chi connectivity index (χ0v) is 16.6. The van der Waals surface area contributed by atoms with Gasteiger partial charge in [-0.15, -0.1) is 0 Å². The zero-order chi connectivity index (χ0) is 19.8. The first-order valence-electron chi connectivity index (χ1n) is 9.90. The lowest BCUT2D eigenvalue weighted by Gasteiger charge is -2.25. The van der Waals surface area contributed by atoms with Crippen LogP contribution in [-0.2, 0) is 6.42 Å². The van der Waals surface area contributed by atoms with Crippen LogP contribution in [0.25, 0.3) is 0 Å². The number of aryl methyl sites for hydroxylation is 1. The largest absolute Gasteiger partial charge is 0.486 e. The zero-order valence-electron chi connectivity index (χ0n) is 16.6. The Morgan fingerprint density at radius 3 is 2.61 bits per heavy atom. The van der Waals surface area contributed by atoms with Gasteiger partial charge < -0.3 is 19.8 Å². The summed E-state index contributed by atoms with van der Waals surface area (Å²) >= 11 is 0. The van der Waals surface area contributed by atoms with Crippen molar-refractivity contribution in [3.63, 3.8) is 0 Å². The molecule has 0 bridgehead atoms. The number of H-pyrrole nitrogens is 1. The molecule has 2 heterocycles. The Balaban J connectivity index is 1.61. The Hall–Kier alpha value is -2.76. The van der Waals surface area contributed by atoms with Gasteiger partial charge >= 0.3 is 0 Å². The van der Waals surface area contributed by atoms with Crippen LogP contribution >= 0.6 is 0 Å². The van der Waals surface area contributed by atoms with E-state index < -0.39 is 0 Å². The van der Waals surface area contributed by atoms with Crippen LogP contribution in [0.2, 0.25) is 0 Å². The Kier molecular flexibility index (Phi) is 4.87. The second-order valence-electron chi connectivity index (χ2n) is 7.85. The number of nitrogens with one attached hydrogen (secondary N) is 2. The van der Waals surface area contributed by atoms with Crippen molar-refractivity contribution >= 4 is 11.7 Å². The third kappa shape index (κ3) is 3.28. The van der Waals surface area contributed by atoms with Gasteiger partial charge in [-0.1, -0.05) is 19.9 Å². The van der Waals surface area contributed by atoms with Crippen LogP contribution in [0.1, 0.15) is 70.4 Å². The number of ether oxygens (including phenoxy) is 2. The summed E-state index contributed by atoms with van der Waals surface area (Å²) in [5, 5.41) is 3.14. The molecule has 1 amide bonds. The Morgan fingerprint density at radius 2 is 1.89 bits per heavy atom. The maximum absolute atomic E-state index is 13.1. The molecule has 2 N–H and O–H groups in total. The predicted molar refractivity (Wildman–Crippen MR) is 105 cm³/mol. The summed E-state index contributed by atoms with van der Waals surface area (Å²) < 4.78 is 11.3. The monoisotopic (exact) mass is 382 g/mol.